The third kappa shape index (κ3) is 5.68. The second kappa shape index (κ2) is 9.36. The molecule has 2 rings (SSSR count). The molecule has 0 atom stereocenters. The van der Waals surface area contributed by atoms with Crippen LogP contribution in [-0.4, -0.2) is 41.0 Å². The Hall–Kier alpha value is -2.61. The van der Waals surface area contributed by atoms with Gasteiger partial charge in [0.2, 0.25) is 5.91 Å². The van der Waals surface area contributed by atoms with Crippen molar-refractivity contribution < 1.29 is 14.3 Å². The van der Waals surface area contributed by atoms with Crippen molar-refractivity contribution in [3.8, 4) is 5.75 Å². The number of thiazole rings is 1. The Morgan fingerprint density at radius 1 is 1.15 bits per heavy atom. The van der Waals surface area contributed by atoms with Gasteiger partial charge >= 0.3 is 6.03 Å². The van der Waals surface area contributed by atoms with Crippen LogP contribution < -0.4 is 15.4 Å². The monoisotopic (exact) mass is 390 g/mol. The number of carbonyl (C=O) groups excluding carboxylic acids is 2. The highest BCUT2D eigenvalue weighted by Crippen LogP contribution is 2.24. The van der Waals surface area contributed by atoms with E-state index in [0.29, 0.717) is 22.3 Å². The number of hydrogen-bond acceptors (Lipinski definition) is 5. The summed E-state index contributed by atoms with van der Waals surface area (Å²) in [6.07, 6.45) is 0.211. The number of hydrogen-bond donors (Lipinski definition) is 2. The van der Waals surface area contributed by atoms with Gasteiger partial charge in [-0.05, 0) is 39.8 Å². The van der Waals surface area contributed by atoms with Gasteiger partial charge in [-0.2, -0.15) is 0 Å². The molecule has 0 saturated carbocycles. The van der Waals surface area contributed by atoms with Crippen molar-refractivity contribution in [2.75, 3.05) is 17.7 Å². The van der Waals surface area contributed by atoms with Gasteiger partial charge in [-0.25, -0.2) is 9.78 Å². The van der Waals surface area contributed by atoms with E-state index in [-0.39, 0.29) is 24.4 Å². The number of para-hydroxylation sites is 2. The van der Waals surface area contributed by atoms with E-state index < -0.39 is 6.03 Å². The molecule has 0 fully saturated rings. The fourth-order valence-corrected chi connectivity index (χ4v) is 3.57. The number of aromatic nitrogens is 1. The number of benzene rings is 1. The average Bonchev–Trinajstić information content (AvgIpc) is 3.01. The quantitative estimate of drug-likeness (QED) is 0.749. The van der Waals surface area contributed by atoms with Crippen molar-refractivity contribution in [3.63, 3.8) is 0 Å². The summed E-state index contributed by atoms with van der Waals surface area (Å²) in [5, 5.41) is 7.63. The summed E-state index contributed by atoms with van der Waals surface area (Å²) in [6, 6.07) is 6.97. The lowest BCUT2D eigenvalue weighted by Gasteiger charge is -2.30. The van der Waals surface area contributed by atoms with E-state index in [9.17, 15) is 9.59 Å². The number of rotatable bonds is 7. The maximum atomic E-state index is 12.5. The molecule has 0 spiro atoms. The maximum absolute atomic E-state index is 12.5. The molecule has 1 aromatic heterocycles. The van der Waals surface area contributed by atoms with E-state index in [1.807, 2.05) is 38.7 Å². The Kier molecular flexibility index (Phi) is 7.18. The van der Waals surface area contributed by atoms with Crippen LogP contribution in [0, 0.1) is 0 Å². The Morgan fingerprint density at radius 3 is 2.44 bits per heavy atom. The zero-order chi connectivity index (χ0) is 20.0. The molecule has 0 bridgehead atoms. The van der Waals surface area contributed by atoms with Gasteiger partial charge in [0, 0.05) is 17.5 Å². The molecule has 0 saturated heterocycles. The second-order valence-electron chi connectivity index (χ2n) is 6.59. The summed E-state index contributed by atoms with van der Waals surface area (Å²) in [5.41, 5.74) is 1.21. The number of carbonyl (C=O) groups is 2. The Bertz CT molecular complexity index is 781. The van der Waals surface area contributed by atoms with Gasteiger partial charge in [-0.15, -0.1) is 11.3 Å². The Balaban J connectivity index is 1.97. The van der Waals surface area contributed by atoms with Crippen molar-refractivity contribution >= 4 is 34.1 Å². The van der Waals surface area contributed by atoms with Gasteiger partial charge < -0.3 is 15.0 Å². The molecular weight excluding hydrogens is 364 g/mol. The smallest absolute Gasteiger partial charge is 0.325 e. The molecule has 2 N–H and O–H groups in total. The van der Waals surface area contributed by atoms with E-state index in [4.69, 9.17) is 4.74 Å². The highest BCUT2D eigenvalue weighted by molar-refractivity contribution is 7.14. The van der Waals surface area contributed by atoms with Crippen LogP contribution in [0.4, 0.5) is 15.6 Å². The molecule has 0 aliphatic rings. The molecule has 3 amide bonds. The lowest BCUT2D eigenvalue weighted by Crippen LogP contribution is -2.42. The first kappa shape index (κ1) is 20.7. The summed E-state index contributed by atoms with van der Waals surface area (Å²) in [7, 11) is 1.54. The summed E-state index contributed by atoms with van der Waals surface area (Å²) in [4.78, 5) is 30.9. The maximum Gasteiger partial charge on any atom is 0.325 e. The fraction of sp³-hybridized carbons (Fsp3) is 0.421. The van der Waals surface area contributed by atoms with Crippen LogP contribution in [0.3, 0.4) is 0 Å². The summed E-state index contributed by atoms with van der Waals surface area (Å²) >= 11 is 1.28. The van der Waals surface area contributed by atoms with E-state index in [1.165, 1.54) is 11.3 Å². The lowest BCUT2D eigenvalue weighted by atomic mass is 10.2. The predicted octanol–water partition coefficient (Wildman–Crippen LogP) is 3.98. The van der Waals surface area contributed by atoms with Gasteiger partial charge in [-0.3, -0.25) is 10.1 Å². The average molecular weight is 391 g/mol. The van der Waals surface area contributed by atoms with Gasteiger partial charge in [0.25, 0.3) is 0 Å². The Labute approximate surface area is 163 Å². The molecule has 8 heteroatoms. The second-order valence-corrected chi connectivity index (χ2v) is 7.45. The summed E-state index contributed by atoms with van der Waals surface area (Å²) in [6.45, 7) is 7.98. The largest absolute Gasteiger partial charge is 0.495 e. The normalized spacial score (nSPS) is 10.8. The molecule has 146 valence electrons. The first-order valence-electron chi connectivity index (χ1n) is 8.78. The van der Waals surface area contributed by atoms with E-state index >= 15 is 0 Å². The first-order valence-corrected chi connectivity index (χ1v) is 9.66. The zero-order valence-electron chi connectivity index (χ0n) is 16.3. The van der Waals surface area contributed by atoms with Crippen LogP contribution in [0.15, 0.2) is 29.6 Å². The third-order valence-corrected chi connectivity index (χ3v) is 4.67. The van der Waals surface area contributed by atoms with Crippen LogP contribution in [0.5, 0.6) is 5.75 Å². The minimum atomic E-state index is -0.419. The van der Waals surface area contributed by atoms with Crippen molar-refractivity contribution in [3.05, 3.63) is 35.3 Å². The van der Waals surface area contributed by atoms with E-state index in [0.717, 1.165) is 0 Å². The van der Waals surface area contributed by atoms with Crippen molar-refractivity contribution in [2.45, 2.75) is 46.2 Å². The number of amides is 3. The van der Waals surface area contributed by atoms with Gasteiger partial charge in [0.15, 0.2) is 5.13 Å². The predicted molar refractivity (Wildman–Crippen MR) is 109 cm³/mol. The minimum Gasteiger partial charge on any atom is -0.495 e. The molecule has 0 unspecified atom stereocenters. The number of urea groups is 1. The van der Waals surface area contributed by atoms with Crippen LogP contribution >= 0.6 is 11.3 Å². The lowest BCUT2D eigenvalue weighted by molar-refractivity contribution is -0.134. The minimum absolute atomic E-state index is 0.0234. The topological polar surface area (TPSA) is 83.6 Å². The van der Waals surface area contributed by atoms with Crippen molar-refractivity contribution in [1.82, 2.24) is 9.88 Å². The molecule has 2 aromatic rings. The van der Waals surface area contributed by atoms with Crippen molar-refractivity contribution in [1.29, 1.82) is 0 Å². The first-order chi connectivity index (χ1) is 12.8. The SMILES string of the molecule is COc1ccccc1NC(=O)Nc1nc(CC(=O)N(C(C)C)C(C)C)cs1. The molecule has 0 aliphatic heterocycles. The number of anilines is 2. The molecule has 7 nitrogen and oxygen atoms in total. The molecular formula is C19H26N4O3S. The van der Waals surface area contributed by atoms with Crippen molar-refractivity contribution in [2.24, 2.45) is 0 Å². The Morgan fingerprint density at radius 2 is 1.81 bits per heavy atom. The molecule has 1 aromatic carbocycles. The standard InChI is InChI=1S/C19H26N4O3S/c1-12(2)23(13(3)4)17(24)10-14-11-27-19(20-14)22-18(25)21-15-8-6-7-9-16(15)26-5/h6-9,11-13H,10H2,1-5H3,(H2,20,21,22,25). The van der Waals surface area contributed by atoms with Gasteiger partial charge in [0.1, 0.15) is 5.75 Å². The van der Waals surface area contributed by atoms with Crippen LogP contribution in [0.1, 0.15) is 33.4 Å². The summed E-state index contributed by atoms with van der Waals surface area (Å²) in [5.74, 6) is 0.593. The molecule has 27 heavy (non-hydrogen) atoms. The molecule has 0 radical (unpaired) electrons. The number of ether oxygens (including phenoxy) is 1. The number of methoxy groups -OCH3 is 1. The number of nitrogens with one attached hydrogen (secondary N) is 2. The van der Waals surface area contributed by atoms with E-state index in [2.05, 4.69) is 15.6 Å². The molecule has 1 heterocycles. The fourth-order valence-electron chi connectivity index (χ4n) is 2.86. The third-order valence-electron chi connectivity index (χ3n) is 3.86. The number of nitrogens with zero attached hydrogens (tertiary/aromatic N) is 2. The van der Waals surface area contributed by atoms with Crippen LogP contribution in [0.2, 0.25) is 0 Å². The van der Waals surface area contributed by atoms with Gasteiger partial charge in [0.05, 0.1) is 24.9 Å². The highest BCUT2D eigenvalue weighted by atomic mass is 32.1. The highest BCUT2D eigenvalue weighted by Gasteiger charge is 2.21. The van der Waals surface area contributed by atoms with Gasteiger partial charge in [-0.1, -0.05) is 12.1 Å². The summed E-state index contributed by atoms with van der Waals surface area (Å²) < 4.78 is 5.21. The van der Waals surface area contributed by atoms with Crippen LogP contribution in [-0.2, 0) is 11.2 Å². The van der Waals surface area contributed by atoms with E-state index in [1.54, 1.807) is 30.7 Å². The zero-order valence-corrected chi connectivity index (χ0v) is 17.1. The van der Waals surface area contributed by atoms with Crippen LogP contribution in [0.25, 0.3) is 0 Å². The molecule has 0 aliphatic carbocycles.